The van der Waals surface area contributed by atoms with Crippen LogP contribution in [-0.2, 0) is 14.8 Å². The summed E-state index contributed by atoms with van der Waals surface area (Å²) < 4.78 is 32.4. The molecule has 30 heavy (non-hydrogen) atoms. The molecule has 7 nitrogen and oxygen atoms in total. The lowest BCUT2D eigenvalue weighted by atomic mass is 10.1. The van der Waals surface area contributed by atoms with Crippen molar-refractivity contribution in [2.75, 3.05) is 19.7 Å². The van der Waals surface area contributed by atoms with E-state index < -0.39 is 10.0 Å². The number of ether oxygens (including phenoxy) is 1. The third-order valence-corrected chi connectivity index (χ3v) is 7.02. The number of amides is 1. The Bertz CT molecular complexity index is 993. The summed E-state index contributed by atoms with van der Waals surface area (Å²) >= 11 is 0. The Morgan fingerprint density at radius 1 is 1.03 bits per heavy atom. The first-order valence-corrected chi connectivity index (χ1v) is 11.3. The van der Waals surface area contributed by atoms with Crippen LogP contribution >= 0.6 is 0 Å². The normalized spacial score (nSPS) is 15.5. The summed E-state index contributed by atoms with van der Waals surface area (Å²) in [7, 11) is -3.51. The van der Waals surface area contributed by atoms with Gasteiger partial charge in [-0.15, -0.1) is 0 Å². The zero-order chi connectivity index (χ0) is 21.7. The van der Waals surface area contributed by atoms with Crippen molar-refractivity contribution in [2.45, 2.75) is 37.6 Å². The maximum Gasteiger partial charge on any atom is 0.258 e. The molecule has 1 aliphatic rings. The van der Waals surface area contributed by atoms with Crippen molar-refractivity contribution in [3.63, 3.8) is 0 Å². The molecule has 0 saturated carbocycles. The average molecular weight is 431 g/mol. The van der Waals surface area contributed by atoms with E-state index in [0.717, 1.165) is 5.56 Å². The van der Waals surface area contributed by atoms with Gasteiger partial charge in [-0.25, -0.2) is 8.42 Å². The van der Waals surface area contributed by atoms with E-state index in [9.17, 15) is 18.0 Å². The molecule has 8 heteroatoms. The Morgan fingerprint density at radius 2 is 1.63 bits per heavy atom. The maximum absolute atomic E-state index is 12.8. The number of nitrogens with zero attached hydrogens (tertiary/aromatic N) is 1. The van der Waals surface area contributed by atoms with E-state index in [0.29, 0.717) is 42.1 Å². The van der Waals surface area contributed by atoms with Crippen LogP contribution < -0.4 is 10.1 Å². The monoisotopic (exact) mass is 430 g/mol. The minimum atomic E-state index is -3.51. The lowest BCUT2D eigenvalue weighted by Crippen LogP contribution is -2.47. The van der Waals surface area contributed by atoms with Gasteiger partial charge in [0.1, 0.15) is 5.75 Å². The maximum atomic E-state index is 12.8. The van der Waals surface area contributed by atoms with Crippen LogP contribution in [0.15, 0.2) is 53.4 Å². The highest BCUT2D eigenvalue weighted by Crippen LogP contribution is 2.21. The molecule has 0 atom stereocenters. The molecule has 0 aromatic heterocycles. The summed E-state index contributed by atoms with van der Waals surface area (Å²) in [4.78, 5) is 23.7. The van der Waals surface area contributed by atoms with E-state index in [1.54, 1.807) is 48.5 Å². The fourth-order valence-corrected chi connectivity index (χ4v) is 4.77. The van der Waals surface area contributed by atoms with Crippen molar-refractivity contribution >= 4 is 21.7 Å². The topological polar surface area (TPSA) is 92.8 Å². The third kappa shape index (κ3) is 5.46. The van der Waals surface area contributed by atoms with Gasteiger partial charge in [0.05, 0.1) is 4.90 Å². The number of Topliss-reactive ketones (excluding diaryl/α,β-unsaturated/α-hetero) is 1. The summed E-state index contributed by atoms with van der Waals surface area (Å²) in [6.07, 6.45) is 1.09. The minimum absolute atomic E-state index is 0.0324. The first-order valence-electron chi connectivity index (χ1n) is 9.85. The summed E-state index contributed by atoms with van der Waals surface area (Å²) in [6, 6.07) is 13.3. The molecule has 160 valence electrons. The number of hydrogen-bond donors (Lipinski definition) is 1. The number of sulfonamides is 1. The summed E-state index contributed by atoms with van der Waals surface area (Å²) in [6.45, 7) is 3.97. The van der Waals surface area contributed by atoms with Crippen LogP contribution in [0.4, 0.5) is 0 Å². The Hall–Kier alpha value is -2.71. The van der Waals surface area contributed by atoms with Gasteiger partial charge in [-0.2, -0.15) is 4.31 Å². The van der Waals surface area contributed by atoms with Crippen molar-refractivity contribution in [2.24, 2.45) is 0 Å². The average Bonchev–Trinajstić information content (AvgIpc) is 2.73. The van der Waals surface area contributed by atoms with Crippen LogP contribution in [-0.4, -0.2) is 50.2 Å². The van der Waals surface area contributed by atoms with Crippen molar-refractivity contribution in [1.29, 1.82) is 0 Å². The predicted octanol–water partition coefficient (Wildman–Crippen LogP) is 2.55. The number of nitrogens with one attached hydrogen (secondary N) is 1. The van der Waals surface area contributed by atoms with Gasteiger partial charge in [-0.3, -0.25) is 9.59 Å². The zero-order valence-corrected chi connectivity index (χ0v) is 17.9. The molecule has 1 aliphatic heterocycles. The number of rotatable bonds is 7. The van der Waals surface area contributed by atoms with Crippen LogP contribution in [0, 0.1) is 6.92 Å². The number of ketones is 1. The van der Waals surface area contributed by atoms with E-state index in [1.807, 2.05) is 6.92 Å². The van der Waals surface area contributed by atoms with Crippen molar-refractivity contribution in [3.05, 3.63) is 59.7 Å². The van der Waals surface area contributed by atoms with Crippen molar-refractivity contribution in [3.8, 4) is 5.75 Å². The molecule has 0 spiro atoms. The lowest BCUT2D eigenvalue weighted by molar-refractivity contribution is -0.124. The molecule has 2 aromatic carbocycles. The lowest BCUT2D eigenvalue weighted by Gasteiger charge is -2.31. The minimum Gasteiger partial charge on any atom is -0.484 e. The Kier molecular flexibility index (Phi) is 6.89. The number of carbonyl (C=O) groups is 2. The second-order valence-corrected chi connectivity index (χ2v) is 9.37. The van der Waals surface area contributed by atoms with Gasteiger partial charge in [0.15, 0.2) is 12.4 Å². The SMILES string of the molecule is CC(=O)c1ccc(OCC(=O)NC2CCN(S(=O)(=O)c3ccc(C)cc3)CC2)cc1. The van der Waals surface area contributed by atoms with Gasteiger partial charge in [-0.1, -0.05) is 17.7 Å². The van der Waals surface area contributed by atoms with Crippen LogP contribution in [0.25, 0.3) is 0 Å². The molecule has 0 bridgehead atoms. The van der Waals surface area contributed by atoms with Gasteiger partial charge in [-0.05, 0) is 63.1 Å². The van der Waals surface area contributed by atoms with E-state index in [2.05, 4.69) is 5.32 Å². The van der Waals surface area contributed by atoms with E-state index >= 15 is 0 Å². The highest BCUT2D eigenvalue weighted by atomic mass is 32.2. The number of hydrogen-bond acceptors (Lipinski definition) is 5. The molecule has 0 unspecified atom stereocenters. The third-order valence-electron chi connectivity index (χ3n) is 5.11. The van der Waals surface area contributed by atoms with E-state index in [-0.39, 0.29) is 24.3 Å². The van der Waals surface area contributed by atoms with Crippen LogP contribution in [0.5, 0.6) is 5.75 Å². The molecule has 1 saturated heterocycles. The van der Waals surface area contributed by atoms with Crippen LogP contribution in [0.3, 0.4) is 0 Å². The molecule has 2 aromatic rings. The highest BCUT2D eigenvalue weighted by Gasteiger charge is 2.29. The molecular weight excluding hydrogens is 404 g/mol. The molecular formula is C22H26N2O5S. The quantitative estimate of drug-likeness (QED) is 0.682. The number of carbonyl (C=O) groups excluding carboxylic acids is 2. The largest absolute Gasteiger partial charge is 0.484 e. The number of benzene rings is 2. The van der Waals surface area contributed by atoms with Gasteiger partial charge in [0.2, 0.25) is 10.0 Å². The van der Waals surface area contributed by atoms with Gasteiger partial charge < -0.3 is 10.1 Å². The Balaban J connectivity index is 1.46. The zero-order valence-electron chi connectivity index (χ0n) is 17.1. The predicted molar refractivity (Wildman–Crippen MR) is 113 cm³/mol. The molecule has 3 rings (SSSR count). The van der Waals surface area contributed by atoms with Crippen LogP contribution in [0.2, 0.25) is 0 Å². The smallest absolute Gasteiger partial charge is 0.258 e. The van der Waals surface area contributed by atoms with Gasteiger partial charge in [0.25, 0.3) is 5.91 Å². The van der Waals surface area contributed by atoms with Gasteiger partial charge in [0, 0.05) is 24.7 Å². The Labute approximate surface area is 177 Å². The Morgan fingerprint density at radius 3 is 2.20 bits per heavy atom. The first-order chi connectivity index (χ1) is 14.3. The van der Waals surface area contributed by atoms with E-state index in [4.69, 9.17) is 4.74 Å². The molecule has 1 N–H and O–H groups in total. The number of aryl methyl sites for hydroxylation is 1. The fraction of sp³-hybridized carbons (Fsp3) is 0.364. The molecule has 1 fully saturated rings. The molecule has 1 heterocycles. The number of piperidine rings is 1. The molecule has 0 radical (unpaired) electrons. The summed E-state index contributed by atoms with van der Waals surface area (Å²) in [5.41, 5.74) is 1.59. The van der Waals surface area contributed by atoms with Crippen LogP contribution in [0.1, 0.15) is 35.7 Å². The second kappa shape index (κ2) is 9.40. The van der Waals surface area contributed by atoms with E-state index in [1.165, 1.54) is 11.2 Å². The fourth-order valence-electron chi connectivity index (χ4n) is 3.30. The first kappa shape index (κ1) is 22.0. The standard InChI is InChI=1S/C22H26N2O5S/c1-16-3-9-21(10-4-16)30(27,28)24-13-11-19(12-14-24)23-22(26)15-29-20-7-5-18(6-8-20)17(2)25/h3-10,19H,11-15H2,1-2H3,(H,23,26). The summed E-state index contributed by atoms with van der Waals surface area (Å²) in [5, 5.41) is 2.90. The van der Waals surface area contributed by atoms with Crippen molar-refractivity contribution < 1.29 is 22.7 Å². The second-order valence-electron chi connectivity index (χ2n) is 7.43. The molecule has 0 aliphatic carbocycles. The highest BCUT2D eigenvalue weighted by molar-refractivity contribution is 7.89. The van der Waals surface area contributed by atoms with Crippen molar-refractivity contribution in [1.82, 2.24) is 9.62 Å². The molecule has 1 amide bonds. The summed E-state index contributed by atoms with van der Waals surface area (Å²) in [5.74, 6) is 0.217. The van der Waals surface area contributed by atoms with Gasteiger partial charge >= 0.3 is 0 Å².